The van der Waals surface area contributed by atoms with Gasteiger partial charge in [-0.1, -0.05) is 0 Å². The molecule has 1 rings (SSSR count). The molecule has 1 amide bonds. The highest BCUT2D eigenvalue weighted by Gasteiger charge is 2.18. The normalized spacial score (nSPS) is 12.0. The molecule has 0 saturated carbocycles. The average molecular weight is 324 g/mol. The van der Waals surface area contributed by atoms with Gasteiger partial charge in [-0.05, 0) is 24.3 Å². The molecule has 1 aromatic rings. The maximum atomic E-state index is 12.0. The van der Waals surface area contributed by atoms with Gasteiger partial charge in [0.05, 0.1) is 46.7 Å². The molecule has 0 spiro atoms. The number of aliphatic carboxylic acids is 1. The number of carboxylic acids is 1. The number of benzene rings is 1. The first-order chi connectivity index (χ1) is 10.9. The van der Waals surface area contributed by atoms with E-state index >= 15 is 0 Å². The molecular weight excluding hydrogens is 298 g/mol. The Morgan fingerprint density at radius 2 is 1.96 bits per heavy atom. The fourth-order valence-corrected chi connectivity index (χ4v) is 2.12. The molecule has 0 aliphatic rings. The summed E-state index contributed by atoms with van der Waals surface area (Å²) in [5.74, 6) is -0.877. The van der Waals surface area contributed by atoms with Gasteiger partial charge < -0.3 is 30.2 Å². The molecule has 0 saturated heterocycles. The Hall–Kier alpha value is -2.12. The molecule has 4 N–H and O–H groups in total. The fourth-order valence-electron chi connectivity index (χ4n) is 2.12. The second-order valence-corrected chi connectivity index (χ2v) is 5.74. The monoisotopic (exact) mass is 324 g/mol. The summed E-state index contributed by atoms with van der Waals surface area (Å²) in [7, 11) is 5.64. The largest absolute Gasteiger partial charge is 0.544 e. The number of methoxy groups -OCH3 is 1. The van der Waals surface area contributed by atoms with Crippen LogP contribution < -0.4 is 25.4 Å². The number of ether oxygens (including phenoxy) is 1. The lowest BCUT2D eigenvalue weighted by molar-refractivity contribution is -0.860. The van der Waals surface area contributed by atoms with Crippen LogP contribution in [0.3, 0.4) is 0 Å². The van der Waals surface area contributed by atoms with Crippen LogP contribution >= 0.6 is 0 Å². The van der Waals surface area contributed by atoms with Crippen LogP contribution in [-0.4, -0.2) is 52.2 Å². The van der Waals surface area contributed by atoms with Crippen LogP contribution in [0.4, 0.5) is 5.69 Å². The fraction of sp³-hybridized carbons (Fsp3) is 0.500. The van der Waals surface area contributed by atoms with Crippen LogP contribution in [0.15, 0.2) is 24.3 Å². The second-order valence-electron chi connectivity index (χ2n) is 5.74. The van der Waals surface area contributed by atoms with E-state index in [1.165, 1.54) is 4.90 Å². The van der Waals surface area contributed by atoms with E-state index in [2.05, 4.69) is 5.32 Å². The molecule has 0 aliphatic heterocycles. The van der Waals surface area contributed by atoms with E-state index in [0.717, 1.165) is 13.0 Å². The van der Waals surface area contributed by atoms with Gasteiger partial charge in [0.2, 0.25) is 5.91 Å². The highest BCUT2D eigenvalue weighted by Crippen LogP contribution is 2.15. The van der Waals surface area contributed by atoms with Gasteiger partial charge in [0.15, 0.2) is 0 Å². The van der Waals surface area contributed by atoms with Crippen molar-refractivity contribution in [3.63, 3.8) is 0 Å². The predicted octanol–water partition coefficient (Wildman–Crippen LogP) is -2.76. The smallest absolute Gasteiger partial charge is 0.230 e. The standard InChI is InChI=1S/C16H25N3O4/c1-19(2)10-4-9-17-14(16(21)22)11-15(20)18-12-5-7-13(23-3)8-6-12/h5-8,14,17H,4,9-11H2,1-3H3,(H,18,20)(H,21,22)/p+1/t14-/m0/s1. The predicted molar refractivity (Wildman–Crippen MR) is 84.1 cm³/mol. The van der Waals surface area contributed by atoms with E-state index in [0.29, 0.717) is 18.0 Å². The van der Waals surface area contributed by atoms with Crippen molar-refractivity contribution in [1.82, 2.24) is 0 Å². The van der Waals surface area contributed by atoms with Crippen molar-refractivity contribution < 1.29 is 29.6 Å². The second kappa shape index (κ2) is 9.81. The first-order valence-corrected chi connectivity index (χ1v) is 7.69. The highest BCUT2D eigenvalue weighted by molar-refractivity contribution is 5.93. The van der Waals surface area contributed by atoms with Crippen molar-refractivity contribution in [1.29, 1.82) is 0 Å². The molecule has 0 unspecified atom stereocenters. The lowest BCUT2D eigenvalue weighted by atomic mass is 10.2. The molecular formula is C16H26N3O4+. The van der Waals surface area contributed by atoms with Gasteiger partial charge in [-0.15, -0.1) is 0 Å². The molecule has 1 aromatic carbocycles. The van der Waals surface area contributed by atoms with Crippen molar-refractivity contribution in [3.05, 3.63) is 24.3 Å². The summed E-state index contributed by atoms with van der Waals surface area (Å²) in [5, 5.41) is 15.5. The van der Waals surface area contributed by atoms with Gasteiger partial charge in [0, 0.05) is 12.1 Å². The molecule has 0 heterocycles. The summed E-state index contributed by atoms with van der Waals surface area (Å²) >= 11 is 0. The molecule has 0 aliphatic carbocycles. The number of quaternary nitrogens is 2. The Balaban J connectivity index is 2.45. The third kappa shape index (κ3) is 7.62. The first-order valence-electron chi connectivity index (χ1n) is 7.69. The van der Waals surface area contributed by atoms with Crippen molar-refractivity contribution >= 4 is 17.6 Å². The number of amides is 1. The van der Waals surface area contributed by atoms with Crippen LogP contribution in [0, 0.1) is 0 Å². The molecule has 0 aromatic heterocycles. The van der Waals surface area contributed by atoms with E-state index in [1.807, 2.05) is 14.1 Å². The third-order valence-corrected chi connectivity index (χ3v) is 3.41. The molecule has 1 atom stereocenters. The molecule has 128 valence electrons. The Bertz CT molecular complexity index is 503. The summed E-state index contributed by atoms with van der Waals surface area (Å²) in [6.07, 6.45) is 0.759. The van der Waals surface area contributed by atoms with Gasteiger partial charge >= 0.3 is 0 Å². The number of nitrogens with one attached hydrogen (secondary N) is 2. The third-order valence-electron chi connectivity index (χ3n) is 3.41. The van der Waals surface area contributed by atoms with Gasteiger partial charge in [0.25, 0.3) is 0 Å². The number of carbonyl (C=O) groups excluding carboxylic acids is 2. The van der Waals surface area contributed by atoms with Crippen LogP contribution in [0.2, 0.25) is 0 Å². The number of carbonyl (C=O) groups is 2. The van der Waals surface area contributed by atoms with Gasteiger partial charge in [0.1, 0.15) is 11.8 Å². The zero-order chi connectivity index (χ0) is 17.2. The van der Waals surface area contributed by atoms with Gasteiger partial charge in [-0.2, -0.15) is 0 Å². The maximum Gasteiger partial charge on any atom is 0.230 e. The highest BCUT2D eigenvalue weighted by atomic mass is 16.5. The van der Waals surface area contributed by atoms with Crippen molar-refractivity contribution in [3.8, 4) is 5.75 Å². The first kappa shape index (κ1) is 18.9. The van der Waals surface area contributed by atoms with Crippen LogP contribution in [0.5, 0.6) is 5.75 Å². The summed E-state index contributed by atoms with van der Waals surface area (Å²) in [5.41, 5.74) is 0.601. The molecule has 7 heteroatoms. The van der Waals surface area contributed by atoms with Crippen LogP contribution in [0.25, 0.3) is 0 Å². The Morgan fingerprint density at radius 3 is 2.48 bits per heavy atom. The van der Waals surface area contributed by atoms with Crippen molar-refractivity contribution in [2.45, 2.75) is 18.9 Å². The minimum Gasteiger partial charge on any atom is -0.544 e. The minimum atomic E-state index is -1.22. The maximum absolute atomic E-state index is 12.0. The Labute approximate surface area is 136 Å². The van der Waals surface area contributed by atoms with Crippen molar-refractivity contribution in [2.24, 2.45) is 0 Å². The lowest BCUT2D eigenvalue weighted by Crippen LogP contribution is -3.06. The number of carboxylic acid groups (broad SMARTS) is 1. The molecule has 7 nitrogen and oxygen atoms in total. The number of anilines is 1. The van der Waals surface area contributed by atoms with E-state index < -0.39 is 12.0 Å². The molecule has 0 radical (unpaired) electrons. The van der Waals surface area contributed by atoms with E-state index in [1.54, 1.807) is 36.7 Å². The van der Waals surface area contributed by atoms with E-state index in [4.69, 9.17) is 4.74 Å². The average Bonchev–Trinajstić information content (AvgIpc) is 2.50. The number of hydrogen-bond donors (Lipinski definition) is 3. The Kier molecular flexibility index (Phi) is 8.07. The molecule has 23 heavy (non-hydrogen) atoms. The summed E-state index contributed by atoms with van der Waals surface area (Å²) in [6.45, 7) is 1.61. The lowest BCUT2D eigenvalue weighted by Gasteiger charge is -2.16. The Morgan fingerprint density at radius 1 is 1.30 bits per heavy atom. The van der Waals surface area contributed by atoms with Crippen LogP contribution in [0.1, 0.15) is 12.8 Å². The van der Waals surface area contributed by atoms with Crippen molar-refractivity contribution in [2.75, 3.05) is 39.6 Å². The topological polar surface area (TPSA) is 99.5 Å². The van der Waals surface area contributed by atoms with E-state index in [9.17, 15) is 14.7 Å². The summed E-state index contributed by atoms with van der Waals surface area (Å²) < 4.78 is 5.04. The number of hydrogen-bond acceptors (Lipinski definition) is 4. The minimum absolute atomic E-state index is 0.122. The van der Waals surface area contributed by atoms with Gasteiger partial charge in [-0.3, -0.25) is 4.79 Å². The zero-order valence-corrected chi connectivity index (χ0v) is 13.9. The number of rotatable bonds is 10. The van der Waals surface area contributed by atoms with Crippen LogP contribution in [-0.2, 0) is 9.59 Å². The molecule has 0 fully saturated rings. The summed E-state index contributed by atoms with van der Waals surface area (Å²) in [4.78, 5) is 24.4. The zero-order valence-electron chi connectivity index (χ0n) is 13.9. The number of nitrogens with two attached hydrogens (primary N) is 1. The molecule has 0 bridgehead atoms. The quantitative estimate of drug-likeness (QED) is 0.406. The SMILES string of the molecule is COc1ccc(NC(=O)C[C@H]([NH2+]CCC[NH+](C)C)C(=O)[O-])cc1. The van der Waals surface area contributed by atoms with E-state index in [-0.39, 0.29) is 12.3 Å². The van der Waals surface area contributed by atoms with Gasteiger partial charge in [-0.25, -0.2) is 0 Å². The summed E-state index contributed by atoms with van der Waals surface area (Å²) in [6, 6.07) is 5.98.